The number of carboxylic acids is 1. The standard InChI is InChI=1S/C19H12F8N2O3/c1-8-4-9(2-3-11(8)16(30)31)13-7-17(32-29-13,19(25,26)27)14-6-10(18(22,23)24)5-12(28-14)15(20)21/h2-6,15H,7H2,1H3,(H,30,31). The van der Waals surface area contributed by atoms with E-state index in [2.05, 4.69) is 15.0 Å². The number of carboxylic acid groups (broad SMARTS) is 1. The number of nitrogens with zero attached hydrogens (tertiary/aromatic N) is 2. The lowest BCUT2D eigenvalue weighted by Crippen LogP contribution is -2.43. The second-order valence-electron chi connectivity index (χ2n) is 6.93. The fourth-order valence-corrected chi connectivity index (χ4v) is 3.14. The van der Waals surface area contributed by atoms with Gasteiger partial charge < -0.3 is 9.94 Å². The Morgan fingerprint density at radius 2 is 1.78 bits per heavy atom. The van der Waals surface area contributed by atoms with Crippen molar-refractivity contribution in [1.29, 1.82) is 0 Å². The zero-order valence-corrected chi connectivity index (χ0v) is 15.9. The van der Waals surface area contributed by atoms with E-state index in [0.717, 1.165) is 12.1 Å². The molecule has 0 radical (unpaired) electrons. The molecule has 2 aromatic rings. The number of carbonyl (C=O) groups is 1. The van der Waals surface area contributed by atoms with Crippen LogP contribution in [0.3, 0.4) is 0 Å². The Balaban J connectivity index is 2.11. The number of rotatable bonds is 4. The smallest absolute Gasteiger partial charge is 0.437 e. The molecular formula is C19H12F8N2O3. The summed E-state index contributed by atoms with van der Waals surface area (Å²) in [6.45, 7) is 1.38. The number of hydrogen-bond acceptors (Lipinski definition) is 4. The summed E-state index contributed by atoms with van der Waals surface area (Å²) in [5.41, 5.74) is -8.53. The first-order valence-corrected chi connectivity index (χ1v) is 8.69. The molecule has 172 valence electrons. The molecule has 0 fully saturated rings. The Morgan fingerprint density at radius 3 is 2.28 bits per heavy atom. The molecule has 5 nitrogen and oxygen atoms in total. The van der Waals surface area contributed by atoms with E-state index in [1.54, 1.807) is 0 Å². The van der Waals surface area contributed by atoms with Gasteiger partial charge in [0.25, 0.3) is 12.0 Å². The number of pyridine rings is 1. The van der Waals surface area contributed by atoms with E-state index in [4.69, 9.17) is 5.11 Å². The van der Waals surface area contributed by atoms with Crippen molar-refractivity contribution < 1.29 is 49.9 Å². The average Bonchev–Trinajstić information content (AvgIpc) is 3.13. The molecule has 1 aliphatic rings. The normalized spacial score (nSPS) is 19.1. The third-order valence-corrected chi connectivity index (χ3v) is 4.79. The molecule has 0 amide bonds. The second kappa shape index (κ2) is 7.71. The van der Waals surface area contributed by atoms with Crippen molar-refractivity contribution in [1.82, 2.24) is 4.98 Å². The van der Waals surface area contributed by atoms with E-state index in [0.29, 0.717) is 0 Å². The maximum absolute atomic E-state index is 14.0. The summed E-state index contributed by atoms with van der Waals surface area (Å²) in [6, 6.07) is 3.43. The first-order chi connectivity index (χ1) is 14.7. The third-order valence-electron chi connectivity index (χ3n) is 4.79. The molecule has 0 aliphatic carbocycles. The van der Waals surface area contributed by atoms with Gasteiger partial charge in [-0.05, 0) is 42.3 Å². The van der Waals surface area contributed by atoms with Crippen LogP contribution in [-0.2, 0) is 16.6 Å². The zero-order valence-electron chi connectivity index (χ0n) is 15.9. The molecule has 2 heterocycles. The SMILES string of the molecule is Cc1cc(C2=NOC(c3cc(C(F)(F)F)cc(C(F)F)n3)(C(F)(F)F)C2)ccc1C(=O)O. The minimum Gasteiger partial charge on any atom is -0.478 e. The molecule has 1 atom stereocenters. The van der Waals surface area contributed by atoms with Crippen LogP contribution in [0.1, 0.15) is 51.3 Å². The van der Waals surface area contributed by atoms with Gasteiger partial charge in [0, 0.05) is 0 Å². The Morgan fingerprint density at radius 1 is 1.12 bits per heavy atom. The Kier molecular flexibility index (Phi) is 5.64. The number of halogens is 8. The third kappa shape index (κ3) is 4.10. The van der Waals surface area contributed by atoms with Gasteiger partial charge in [-0.15, -0.1) is 0 Å². The molecule has 1 unspecified atom stereocenters. The summed E-state index contributed by atoms with van der Waals surface area (Å²) < 4.78 is 108. The van der Waals surface area contributed by atoms with Crippen molar-refractivity contribution >= 4 is 11.7 Å². The van der Waals surface area contributed by atoms with Gasteiger partial charge in [0.05, 0.1) is 29.0 Å². The van der Waals surface area contributed by atoms with Crippen LogP contribution < -0.4 is 0 Å². The summed E-state index contributed by atoms with van der Waals surface area (Å²) in [5, 5.41) is 12.4. The molecule has 13 heteroatoms. The highest BCUT2D eigenvalue weighted by Crippen LogP contribution is 2.49. The maximum atomic E-state index is 14.0. The topological polar surface area (TPSA) is 71.8 Å². The number of benzene rings is 1. The van der Waals surface area contributed by atoms with Crippen LogP contribution in [0.2, 0.25) is 0 Å². The molecule has 1 aliphatic heterocycles. The number of alkyl halides is 8. The van der Waals surface area contributed by atoms with Crippen molar-refractivity contribution in [3.05, 3.63) is 64.0 Å². The van der Waals surface area contributed by atoms with Crippen molar-refractivity contribution in [2.24, 2.45) is 5.16 Å². The lowest BCUT2D eigenvalue weighted by atomic mass is 9.88. The number of hydrogen-bond donors (Lipinski definition) is 1. The van der Waals surface area contributed by atoms with Crippen molar-refractivity contribution in [2.45, 2.75) is 37.7 Å². The van der Waals surface area contributed by atoms with Gasteiger partial charge >= 0.3 is 18.3 Å². The van der Waals surface area contributed by atoms with Gasteiger partial charge in [-0.25, -0.2) is 18.6 Å². The van der Waals surface area contributed by atoms with Crippen LogP contribution in [0.4, 0.5) is 35.1 Å². The number of oxime groups is 1. The molecule has 3 rings (SSSR count). The van der Waals surface area contributed by atoms with Gasteiger partial charge in [-0.3, -0.25) is 0 Å². The molecule has 1 aromatic carbocycles. The fraction of sp³-hybridized carbons (Fsp3) is 0.316. The molecule has 0 saturated carbocycles. The Bertz CT molecular complexity index is 1090. The Hall–Kier alpha value is -3.25. The predicted molar refractivity (Wildman–Crippen MR) is 92.3 cm³/mol. The van der Waals surface area contributed by atoms with Crippen molar-refractivity contribution in [3.63, 3.8) is 0 Å². The highest BCUT2D eigenvalue weighted by Gasteiger charge is 2.64. The van der Waals surface area contributed by atoms with Gasteiger partial charge in [0.2, 0.25) is 0 Å². The highest BCUT2D eigenvalue weighted by atomic mass is 19.4. The number of aromatic carboxylic acids is 1. The van der Waals surface area contributed by atoms with E-state index in [1.165, 1.54) is 13.0 Å². The summed E-state index contributed by atoms with van der Waals surface area (Å²) in [7, 11) is 0. The summed E-state index contributed by atoms with van der Waals surface area (Å²) in [6.07, 6.45) is -15.3. The second-order valence-corrected chi connectivity index (χ2v) is 6.93. The van der Waals surface area contributed by atoms with Crippen LogP contribution >= 0.6 is 0 Å². The highest BCUT2D eigenvalue weighted by molar-refractivity contribution is 6.03. The van der Waals surface area contributed by atoms with E-state index in [-0.39, 0.29) is 34.5 Å². The van der Waals surface area contributed by atoms with Crippen LogP contribution in [0.25, 0.3) is 0 Å². The molecule has 1 aromatic heterocycles. The molecule has 1 N–H and O–H groups in total. The summed E-state index contributed by atoms with van der Waals surface area (Å²) in [5.74, 6) is -1.28. The summed E-state index contributed by atoms with van der Waals surface area (Å²) >= 11 is 0. The van der Waals surface area contributed by atoms with E-state index in [9.17, 15) is 39.9 Å². The number of aryl methyl sites for hydroxylation is 1. The first-order valence-electron chi connectivity index (χ1n) is 8.69. The number of aromatic nitrogens is 1. The largest absolute Gasteiger partial charge is 0.478 e. The molecule has 32 heavy (non-hydrogen) atoms. The minimum absolute atomic E-state index is 0.00337. The van der Waals surface area contributed by atoms with E-state index >= 15 is 0 Å². The van der Waals surface area contributed by atoms with Crippen LogP contribution in [0.15, 0.2) is 35.5 Å². The average molecular weight is 468 g/mol. The van der Waals surface area contributed by atoms with Gasteiger partial charge in [-0.2, -0.15) is 26.3 Å². The van der Waals surface area contributed by atoms with Crippen LogP contribution in [-0.4, -0.2) is 27.9 Å². The molecular weight excluding hydrogens is 456 g/mol. The lowest BCUT2D eigenvalue weighted by Gasteiger charge is -2.29. The predicted octanol–water partition coefficient (Wildman–Crippen LogP) is 5.63. The van der Waals surface area contributed by atoms with Crippen molar-refractivity contribution in [3.8, 4) is 0 Å². The lowest BCUT2D eigenvalue weighted by molar-refractivity contribution is -0.277. The Labute approximate surface area is 174 Å². The fourth-order valence-electron chi connectivity index (χ4n) is 3.14. The van der Waals surface area contributed by atoms with Crippen molar-refractivity contribution in [2.75, 3.05) is 0 Å². The van der Waals surface area contributed by atoms with Gasteiger partial charge in [0.15, 0.2) is 0 Å². The summed E-state index contributed by atoms with van der Waals surface area (Å²) in [4.78, 5) is 18.8. The van der Waals surface area contributed by atoms with Crippen LogP contribution in [0.5, 0.6) is 0 Å². The van der Waals surface area contributed by atoms with E-state index < -0.39 is 53.7 Å². The quantitative estimate of drug-likeness (QED) is 0.591. The van der Waals surface area contributed by atoms with Crippen LogP contribution in [0, 0.1) is 6.92 Å². The zero-order chi connectivity index (χ0) is 24.1. The van der Waals surface area contributed by atoms with Gasteiger partial charge in [-0.1, -0.05) is 11.2 Å². The van der Waals surface area contributed by atoms with Gasteiger partial charge in [0.1, 0.15) is 5.69 Å². The first kappa shape index (κ1) is 23.4. The monoisotopic (exact) mass is 468 g/mol. The molecule has 0 spiro atoms. The molecule has 0 saturated heterocycles. The minimum atomic E-state index is -5.38. The molecule has 0 bridgehead atoms. The van der Waals surface area contributed by atoms with E-state index in [1.807, 2.05) is 0 Å². The maximum Gasteiger partial charge on any atom is 0.437 e.